The van der Waals surface area contributed by atoms with E-state index in [1.54, 1.807) is 11.6 Å². The van der Waals surface area contributed by atoms with E-state index in [4.69, 9.17) is 34.8 Å². The maximum absolute atomic E-state index is 5.48. The maximum atomic E-state index is 5.48. The smallest absolute Gasteiger partial charge is 0.241 e. The van der Waals surface area contributed by atoms with Gasteiger partial charge in [-0.2, -0.15) is 0 Å². The molecular weight excluding hydrogens is 200 g/mol. The summed E-state index contributed by atoms with van der Waals surface area (Å²) < 4.78 is -1.35. The second kappa shape index (κ2) is 2.62. The van der Waals surface area contributed by atoms with E-state index < -0.39 is 3.79 Å². The highest BCUT2D eigenvalue weighted by atomic mass is 35.6. The van der Waals surface area contributed by atoms with Gasteiger partial charge in [-0.1, -0.05) is 34.8 Å². The summed E-state index contributed by atoms with van der Waals surface area (Å²) in [6, 6.07) is 0. The first-order valence-corrected chi connectivity index (χ1v) is 4.09. The minimum Gasteiger partial charge on any atom is -0.245 e. The first-order chi connectivity index (χ1) is 4.11. The third-order valence-electron chi connectivity index (χ3n) is 0.675. The van der Waals surface area contributed by atoms with Gasteiger partial charge in [0.15, 0.2) is 0 Å². The lowest BCUT2D eigenvalue weighted by atomic mass is 10.8. The molecule has 0 aliphatic rings. The Kier molecular flexibility index (Phi) is 2.22. The van der Waals surface area contributed by atoms with Gasteiger partial charge < -0.3 is 0 Å². The lowest BCUT2D eigenvalue weighted by molar-refractivity contribution is 1.16. The number of hydrogen-bond donors (Lipinski definition) is 0. The van der Waals surface area contributed by atoms with Crippen LogP contribution in [0.15, 0.2) is 11.6 Å². The SMILES string of the molecule is ClC(Cl)(Cl)c1nccs1. The van der Waals surface area contributed by atoms with E-state index in [0.29, 0.717) is 5.01 Å². The van der Waals surface area contributed by atoms with Gasteiger partial charge >= 0.3 is 0 Å². The molecule has 0 unspecified atom stereocenters. The van der Waals surface area contributed by atoms with E-state index in [1.807, 2.05) is 0 Å². The monoisotopic (exact) mass is 201 g/mol. The fourth-order valence-electron chi connectivity index (χ4n) is 0.363. The quantitative estimate of drug-likeness (QED) is 0.590. The van der Waals surface area contributed by atoms with Gasteiger partial charge in [0.05, 0.1) is 0 Å². The van der Waals surface area contributed by atoms with Crippen LogP contribution in [0.1, 0.15) is 5.01 Å². The molecule has 1 heterocycles. The Morgan fingerprint density at radius 3 is 2.33 bits per heavy atom. The lowest BCUT2D eigenvalue weighted by Gasteiger charge is -2.03. The second-order valence-electron chi connectivity index (χ2n) is 1.34. The van der Waals surface area contributed by atoms with E-state index in [9.17, 15) is 0 Å². The molecule has 5 heteroatoms. The molecule has 0 aliphatic carbocycles. The molecule has 0 fully saturated rings. The molecule has 0 spiro atoms. The van der Waals surface area contributed by atoms with Crippen molar-refractivity contribution in [2.45, 2.75) is 3.79 Å². The zero-order valence-electron chi connectivity index (χ0n) is 4.14. The molecule has 9 heavy (non-hydrogen) atoms. The van der Waals surface area contributed by atoms with Crippen LogP contribution in [0.25, 0.3) is 0 Å². The Bertz CT molecular complexity index is 178. The summed E-state index contributed by atoms with van der Waals surface area (Å²) in [4.78, 5) is 3.81. The van der Waals surface area contributed by atoms with Crippen LogP contribution in [0.3, 0.4) is 0 Å². The highest BCUT2D eigenvalue weighted by Gasteiger charge is 2.25. The summed E-state index contributed by atoms with van der Waals surface area (Å²) in [6.07, 6.45) is 1.60. The molecule has 1 nitrogen and oxygen atoms in total. The van der Waals surface area contributed by atoms with Crippen LogP contribution in [-0.2, 0) is 3.79 Å². The second-order valence-corrected chi connectivity index (χ2v) is 4.51. The van der Waals surface area contributed by atoms with Crippen LogP contribution in [-0.4, -0.2) is 4.98 Å². The van der Waals surface area contributed by atoms with Crippen LogP contribution in [0, 0.1) is 0 Å². The molecule has 1 rings (SSSR count). The number of nitrogens with zero attached hydrogens (tertiary/aromatic N) is 1. The zero-order chi connectivity index (χ0) is 6.91. The van der Waals surface area contributed by atoms with Crippen LogP contribution >= 0.6 is 46.1 Å². The Balaban J connectivity index is 2.90. The molecule has 1 aromatic heterocycles. The summed E-state index contributed by atoms with van der Waals surface area (Å²) >= 11 is 17.8. The van der Waals surface area contributed by atoms with E-state index in [-0.39, 0.29) is 0 Å². The van der Waals surface area contributed by atoms with Crippen LogP contribution in [0.4, 0.5) is 0 Å². The molecule has 0 atom stereocenters. The molecule has 1 aromatic rings. The van der Waals surface area contributed by atoms with Gasteiger partial charge in [-0.15, -0.1) is 11.3 Å². The molecule has 0 saturated heterocycles. The van der Waals surface area contributed by atoms with E-state index >= 15 is 0 Å². The van der Waals surface area contributed by atoms with Crippen LogP contribution in [0.5, 0.6) is 0 Å². The molecule has 50 valence electrons. The fraction of sp³-hybridized carbons (Fsp3) is 0.250. The average Bonchev–Trinajstić information content (AvgIpc) is 2.08. The summed E-state index contributed by atoms with van der Waals surface area (Å²) in [5.41, 5.74) is 0. The van der Waals surface area contributed by atoms with Gasteiger partial charge in [-0.3, -0.25) is 0 Å². The largest absolute Gasteiger partial charge is 0.245 e. The standard InChI is InChI=1S/C4H2Cl3NS/c5-4(6,7)3-8-1-2-9-3/h1-2H. The van der Waals surface area contributed by atoms with Gasteiger partial charge in [0.25, 0.3) is 0 Å². The number of halogens is 3. The number of hydrogen-bond acceptors (Lipinski definition) is 2. The number of rotatable bonds is 0. The molecular formula is C4H2Cl3NS. The van der Waals surface area contributed by atoms with E-state index in [0.717, 1.165) is 0 Å². The molecule has 0 saturated carbocycles. The van der Waals surface area contributed by atoms with Gasteiger partial charge in [-0.05, 0) is 0 Å². The van der Waals surface area contributed by atoms with E-state index in [2.05, 4.69) is 4.98 Å². The Labute approximate surface area is 71.6 Å². The van der Waals surface area contributed by atoms with Crippen molar-refractivity contribution in [3.05, 3.63) is 16.6 Å². The number of alkyl halides is 3. The highest BCUT2D eigenvalue weighted by Crippen LogP contribution is 2.38. The van der Waals surface area contributed by atoms with Crippen molar-refractivity contribution in [3.63, 3.8) is 0 Å². The van der Waals surface area contributed by atoms with Crippen molar-refractivity contribution < 1.29 is 0 Å². The normalized spacial score (nSPS) is 11.9. The van der Waals surface area contributed by atoms with Crippen molar-refractivity contribution in [1.82, 2.24) is 4.98 Å². The molecule has 0 radical (unpaired) electrons. The van der Waals surface area contributed by atoms with Crippen LogP contribution in [0.2, 0.25) is 0 Å². The van der Waals surface area contributed by atoms with Gasteiger partial charge in [-0.25, -0.2) is 4.98 Å². The summed E-state index contributed by atoms with van der Waals surface area (Å²) in [5.74, 6) is 0. The molecule has 0 bridgehead atoms. The maximum Gasteiger partial charge on any atom is 0.241 e. The summed E-state index contributed by atoms with van der Waals surface area (Å²) in [5, 5.41) is 2.27. The predicted octanol–water partition coefficient (Wildman–Crippen LogP) is 2.97. The Hall–Kier alpha value is 0.500. The topological polar surface area (TPSA) is 12.9 Å². The third kappa shape index (κ3) is 1.97. The molecule has 0 N–H and O–H groups in total. The van der Waals surface area contributed by atoms with Crippen molar-refractivity contribution in [2.24, 2.45) is 0 Å². The lowest BCUT2D eigenvalue weighted by Crippen LogP contribution is -1.97. The average molecular weight is 202 g/mol. The van der Waals surface area contributed by atoms with E-state index in [1.165, 1.54) is 11.3 Å². The van der Waals surface area contributed by atoms with Crippen molar-refractivity contribution >= 4 is 46.1 Å². The first-order valence-electron chi connectivity index (χ1n) is 2.07. The predicted molar refractivity (Wildman–Crippen MR) is 41.4 cm³/mol. The zero-order valence-corrected chi connectivity index (χ0v) is 7.23. The fourth-order valence-corrected chi connectivity index (χ4v) is 1.42. The van der Waals surface area contributed by atoms with Gasteiger partial charge in [0.2, 0.25) is 3.79 Å². The van der Waals surface area contributed by atoms with Crippen molar-refractivity contribution in [1.29, 1.82) is 0 Å². The van der Waals surface area contributed by atoms with Crippen LogP contribution < -0.4 is 0 Å². The Morgan fingerprint density at radius 1 is 1.44 bits per heavy atom. The summed E-state index contributed by atoms with van der Waals surface area (Å²) in [6.45, 7) is 0. The highest BCUT2D eigenvalue weighted by molar-refractivity contribution is 7.11. The first kappa shape index (κ1) is 7.61. The molecule has 0 amide bonds. The summed E-state index contributed by atoms with van der Waals surface area (Å²) in [7, 11) is 0. The number of aromatic nitrogens is 1. The third-order valence-corrected chi connectivity index (χ3v) is 2.44. The minimum absolute atomic E-state index is 0.507. The molecule has 0 aliphatic heterocycles. The molecule has 0 aromatic carbocycles. The van der Waals surface area contributed by atoms with Gasteiger partial charge in [0, 0.05) is 11.6 Å². The van der Waals surface area contributed by atoms with Crippen molar-refractivity contribution in [2.75, 3.05) is 0 Å². The number of thiazole rings is 1. The van der Waals surface area contributed by atoms with Gasteiger partial charge in [0.1, 0.15) is 5.01 Å². The van der Waals surface area contributed by atoms with Crippen molar-refractivity contribution in [3.8, 4) is 0 Å². The minimum atomic E-state index is -1.35. The Morgan fingerprint density at radius 2 is 2.11 bits per heavy atom.